The number of hydrogen-bond acceptors (Lipinski definition) is 6. The predicted molar refractivity (Wildman–Crippen MR) is 120 cm³/mol. The molecule has 174 valence electrons. The lowest BCUT2D eigenvalue weighted by Gasteiger charge is -2.16. The molecule has 0 spiro atoms. The number of fused-ring (bicyclic) bond motifs is 1. The van der Waals surface area contributed by atoms with Gasteiger partial charge in [0.15, 0.2) is 0 Å². The molecule has 1 amide bonds. The molecule has 2 aromatic rings. The molecule has 0 saturated carbocycles. The molecule has 2 aliphatic rings. The lowest BCUT2D eigenvalue weighted by molar-refractivity contribution is -0.116. The molecule has 1 N–H and O–H groups in total. The lowest BCUT2D eigenvalue weighted by atomic mass is 10.1. The van der Waals surface area contributed by atoms with E-state index in [1.807, 2.05) is 6.07 Å². The van der Waals surface area contributed by atoms with E-state index in [2.05, 4.69) is 5.32 Å². The van der Waals surface area contributed by atoms with Gasteiger partial charge in [0.25, 0.3) is 5.56 Å². The van der Waals surface area contributed by atoms with Gasteiger partial charge in [0.1, 0.15) is 18.2 Å². The molecule has 11 heteroatoms. The van der Waals surface area contributed by atoms with E-state index in [4.69, 9.17) is 0 Å². The fourth-order valence-electron chi connectivity index (χ4n) is 4.38. The van der Waals surface area contributed by atoms with Crippen molar-refractivity contribution in [1.82, 2.24) is 13.4 Å². The van der Waals surface area contributed by atoms with Gasteiger partial charge in [0.2, 0.25) is 15.9 Å². The van der Waals surface area contributed by atoms with E-state index < -0.39 is 33.7 Å². The summed E-state index contributed by atoms with van der Waals surface area (Å²) in [5, 5.41) is 12.1. The molecule has 1 aromatic carbocycles. The number of hydrogen-bond donors (Lipinski definition) is 1. The first kappa shape index (κ1) is 22.9. The predicted octanol–water partition coefficient (Wildman–Crippen LogP) is 1.03. The molecular weight excluding hydrogens is 446 g/mol. The van der Waals surface area contributed by atoms with E-state index >= 15 is 0 Å². The van der Waals surface area contributed by atoms with Crippen molar-refractivity contribution >= 4 is 21.6 Å². The van der Waals surface area contributed by atoms with Crippen LogP contribution in [0.5, 0.6) is 0 Å². The van der Waals surface area contributed by atoms with Crippen molar-refractivity contribution < 1.29 is 13.2 Å². The van der Waals surface area contributed by atoms with Crippen LogP contribution in [-0.2, 0) is 34.3 Å². The van der Waals surface area contributed by atoms with Gasteiger partial charge in [-0.2, -0.15) is 9.57 Å². The molecule has 0 aliphatic carbocycles. The normalized spacial score (nSPS) is 16.6. The Morgan fingerprint density at radius 3 is 2.52 bits per heavy atom. The molecule has 0 radical (unpaired) electrons. The lowest BCUT2D eigenvalue weighted by Crippen LogP contribution is -2.45. The van der Waals surface area contributed by atoms with Crippen molar-refractivity contribution in [2.24, 2.45) is 0 Å². The summed E-state index contributed by atoms with van der Waals surface area (Å²) in [5.41, 5.74) is -0.833. The highest BCUT2D eigenvalue weighted by molar-refractivity contribution is 7.89. The number of amides is 1. The molecule has 0 unspecified atom stereocenters. The van der Waals surface area contributed by atoms with Crippen LogP contribution < -0.4 is 16.6 Å². The van der Waals surface area contributed by atoms with Crippen molar-refractivity contribution in [3.63, 3.8) is 0 Å². The Morgan fingerprint density at radius 1 is 1.06 bits per heavy atom. The topological polar surface area (TPSA) is 134 Å². The average molecular weight is 472 g/mol. The second-order valence-electron chi connectivity index (χ2n) is 8.26. The van der Waals surface area contributed by atoms with Crippen LogP contribution in [0.3, 0.4) is 0 Å². The van der Waals surface area contributed by atoms with Crippen LogP contribution in [0.15, 0.2) is 38.8 Å². The van der Waals surface area contributed by atoms with Crippen LogP contribution in [0, 0.1) is 11.3 Å². The smallest absolute Gasteiger partial charge is 0.324 e. The van der Waals surface area contributed by atoms with Crippen molar-refractivity contribution in [2.75, 3.05) is 18.4 Å². The highest BCUT2D eigenvalue weighted by Gasteiger charge is 2.27. The summed E-state index contributed by atoms with van der Waals surface area (Å²) in [7, 11) is -3.65. The summed E-state index contributed by atoms with van der Waals surface area (Å²) < 4.78 is 29.2. The van der Waals surface area contributed by atoms with Gasteiger partial charge in [-0.05, 0) is 50.3 Å². The average Bonchev–Trinajstić information content (AvgIpc) is 3.24. The molecule has 4 rings (SSSR count). The van der Waals surface area contributed by atoms with Crippen LogP contribution in [0.4, 0.5) is 5.69 Å². The zero-order valence-corrected chi connectivity index (χ0v) is 18.9. The maximum absolute atomic E-state index is 12.9. The molecule has 0 bridgehead atoms. The Bertz CT molecular complexity index is 1350. The number of anilines is 1. The summed E-state index contributed by atoms with van der Waals surface area (Å²) in [4.78, 5) is 38.5. The van der Waals surface area contributed by atoms with Gasteiger partial charge >= 0.3 is 5.69 Å². The van der Waals surface area contributed by atoms with Crippen LogP contribution >= 0.6 is 0 Å². The van der Waals surface area contributed by atoms with E-state index in [9.17, 15) is 28.1 Å². The van der Waals surface area contributed by atoms with E-state index in [-0.39, 0.29) is 16.1 Å². The fourth-order valence-corrected chi connectivity index (χ4v) is 5.94. The van der Waals surface area contributed by atoms with E-state index in [1.54, 1.807) is 0 Å². The van der Waals surface area contributed by atoms with Gasteiger partial charge in [-0.3, -0.25) is 14.2 Å². The van der Waals surface area contributed by atoms with E-state index in [0.717, 1.165) is 36.7 Å². The van der Waals surface area contributed by atoms with E-state index in [1.165, 1.54) is 33.1 Å². The Kier molecular flexibility index (Phi) is 6.49. The Balaban J connectivity index is 1.59. The van der Waals surface area contributed by atoms with Crippen molar-refractivity contribution in [3.05, 3.63) is 56.4 Å². The van der Waals surface area contributed by atoms with Gasteiger partial charge in [-0.15, -0.1) is 0 Å². The molecule has 2 aliphatic heterocycles. The van der Waals surface area contributed by atoms with Gasteiger partial charge in [0.05, 0.1) is 4.90 Å². The largest absolute Gasteiger partial charge is 0.331 e. The molecule has 10 nitrogen and oxygen atoms in total. The summed E-state index contributed by atoms with van der Waals surface area (Å²) in [6, 6.07) is 7.78. The van der Waals surface area contributed by atoms with Crippen molar-refractivity contribution in [3.8, 4) is 6.07 Å². The molecule has 33 heavy (non-hydrogen) atoms. The first-order chi connectivity index (χ1) is 15.8. The standard InChI is InChI=1S/C22H25N5O5S/c23-14-18-19-9-2-1-3-12-26(19)22(30)27(21(18)29)15-20(28)24-16-7-6-8-17(13-16)33(31,32)25-10-4-5-11-25/h6-8,13H,1-5,9-12,15H2,(H,24,28). The third-order valence-corrected chi connectivity index (χ3v) is 7.96. The van der Waals surface area contributed by atoms with Gasteiger partial charge in [-0.25, -0.2) is 17.8 Å². The van der Waals surface area contributed by atoms with Crippen LogP contribution in [0.25, 0.3) is 0 Å². The first-order valence-corrected chi connectivity index (χ1v) is 12.4. The highest BCUT2D eigenvalue weighted by atomic mass is 32.2. The van der Waals surface area contributed by atoms with Crippen LogP contribution in [0.1, 0.15) is 43.4 Å². The minimum Gasteiger partial charge on any atom is -0.324 e. The summed E-state index contributed by atoms with van der Waals surface area (Å²) in [6.45, 7) is 0.744. The third-order valence-electron chi connectivity index (χ3n) is 6.06. The molecular formula is C22H25N5O5S. The number of benzene rings is 1. The monoisotopic (exact) mass is 471 g/mol. The number of nitrogens with one attached hydrogen (secondary N) is 1. The van der Waals surface area contributed by atoms with E-state index in [0.29, 0.717) is 31.7 Å². The zero-order chi connectivity index (χ0) is 23.6. The second-order valence-corrected chi connectivity index (χ2v) is 10.2. The number of sulfonamides is 1. The number of carbonyl (C=O) groups is 1. The third kappa shape index (κ3) is 4.49. The minimum absolute atomic E-state index is 0.0660. The maximum atomic E-state index is 12.9. The maximum Gasteiger partial charge on any atom is 0.331 e. The van der Waals surface area contributed by atoms with Crippen molar-refractivity contribution in [1.29, 1.82) is 5.26 Å². The van der Waals surface area contributed by atoms with Gasteiger partial charge in [-0.1, -0.05) is 12.5 Å². The molecule has 3 heterocycles. The first-order valence-electron chi connectivity index (χ1n) is 11.0. The Labute approximate surface area is 191 Å². The number of nitrogens with zero attached hydrogens (tertiary/aromatic N) is 4. The molecule has 1 saturated heterocycles. The van der Waals surface area contributed by atoms with Gasteiger partial charge < -0.3 is 5.32 Å². The SMILES string of the molecule is N#Cc1c2n(c(=O)n(CC(=O)Nc3cccc(S(=O)(=O)N4CCCC4)c3)c1=O)CCCCC2. The fraction of sp³-hybridized carbons (Fsp3) is 0.455. The van der Waals surface area contributed by atoms with Gasteiger partial charge in [0, 0.05) is 31.0 Å². The number of nitriles is 1. The number of carbonyl (C=O) groups excluding carboxylic acids is 1. The van der Waals surface area contributed by atoms with Crippen LogP contribution in [-0.4, -0.2) is 40.9 Å². The molecule has 1 aromatic heterocycles. The molecule has 1 fully saturated rings. The summed E-state index contributed by atoms with van der Waals surface area (Å²) >= 11 is 0. The quantitative estimate of drug-likeness (QED) is 0.692. The molecule has 0 atom stereocenters. The Hall–Kier alpha value is -3.23. The highest BCUT2D eigenvalue weighted by Crippen LogP contribution is 2.23. The Morgan fingerprint density at radius 2 is 1.79 bits per heavy atom. The second kappa shape index (κ2) is 9.33. The summed E-state index contributed by atoms with van der Waals surface area (Å²) in [6.07, 6.45) is 4.52. The zero-order valence-electron chi connectivity index (χ0n) is 18.1. The number of aromatic nitrogens is 2. The van der Waals surface area contributed by atoms with Crippen molar-refractivity contribution in [2.45, 2.75) is 56.5 Å². The van der Waals surface area contributed by atoms with Crippen LogP contribution in [0.2, 0.25) is 0 Å². The number of rotatable bonds is 5. The summed E-state index contributed by atoms with van der Waals surface area (Å²) in [5.74, 6) is -0.664. The minimum atomic E-state index is -3.65.